The summed E-state index contributed by atoms with van der Waals surface area (Å²) in [6, 6.07) is 6.05. The van der Waals surface area contributed by atoms with Crippen LogP contribution in [0, 0.1) is 0 Å². The minimum absolute atomic E-state index is 0.0508. The maximum atomic E-state index is 13.2. The zero-order chi connectivity index (χ0) is 25.7. The third-order valence-electron chi connectivity index (χ3n) is 6.85. The fourth-order valence-electron chi connectivity index (χ4n) is 4.57. The zero-order valence-corrected chi connectivity index (χ0v) is 21.5. The van der Waals surface area contributed by atoms with Crippen molar-refractivity contribution in [2.75, 3.05) is 31.5 Å². The van der Waals surface area contributed by atoms with Gasteiger partial charge in [-0.15, -0.1) is 11.3 Å². The molecule has 0 unspecified atom stereocenters. The van der Waals surface area contributed by atoms with Gasteiger partial charge in [0, 0.05) is 49.9 Å². The lowest BCUT2D eigenvalue weighted by atomic mass is 10.2. The van der Waals surface area contributed by atoms with Crippen LogP contribution in [0.15, 0.2) is 30.1 Å². The van der Waals surface area contributed by atoms with Crippen LogP contribution in [0.4, 0.5) is 10.6 Å². The Bertz CT molecular complexity index is 1430. The number of amides is 4. The van der Waals surface area contributed by atoms with Crippen molar-refractivity contribution in [2.45, 2.75) is 38.8 Å². The summed E-state index contributed by atoms with van der Waals surface area (Å²) in [5.41, 5.74) is 2.01. The van der Waals surface area contributed by atoms with Gasteiger partial charge in [-0.3, -0.25) is 19.8 Å². The highest BCUT2D eigenvalue weighted by Crippen LogP contribution is 2.33. The number of aromatic nitrogens is 3. The van der Waals surface area contributed by atoms with E-state index in [-0.39, 0.29) is 11.6 Å². The molecule has 0 spiro atoms. The topological polar surface area (TPSA) is 124 Å². The molecule has 5 heterocycles. The second kappa shape index (κ2) is 9.27. The van der Waals surface area contributed by atoms with Gasteiger partial charge in [-0.05, 0) is 44.9 Å². The largest absolute Gasteiger partial charge is 0.367 e. The first-order chi connectivity index (χ1) is 17.9. The Kier molecular flexibility index (Phi) is 5.92. The van der Waals surface area contributed by atoms with Crippen LogP contribution in [-0.4, -0.2) is 80.5 Å². The summed E-state index contributed by atoms with van der Waals surface area (Å²) in [6.45, 7) is 7.58. The molecule has 1 saturated carbocycles. The molecule has 0 bridgehead atoms. The van der Waals surface area contributed by atoms with Crippen LogP contribution >= 0.6 is 11.3 Å². The Morgan fingerprint density at radius 1 is 1.16 bits per heavy atom. The molecule has 3 aliphatic rings. The molecule has 2 saturated heterocycles. The molecule has 1 aliphatic carbocycles. The summed E-state index contributed by atoms with van der Waals surface area (Å²) in [6.07, 6.45) is 5.37. The van der Waals surface area contributed by atoms with Crippen molar-refractivity contribution in [2.24, 2.45) is 0 Å². The van der Waals surface area contributed by atoms with Crippen LogP contribution < -0.4 is 16.0 Å². The molecule has 2 aliphatic heterocycles. The summed E-state index contributed by atoms with van der Waals surface area (Å²) < 4.78 is 1.71. The number of anilines is 1. The first kappa shape index (κ1) is 23.6. The van der Waals surface area contributed by atoms with Gasteiger partial charge < -0.3 is 15.5 Å². The Labute approximate surface area is 217 Å². The number of thiophene rings is 1. The summed E-state index contributed by atoms with van der Waals surface area (Å²) >= 11 is 1.43. The minimum Gasteiger partial charge on any atom is -0.367 e. The number of piperazine rings is 1. The van der Waals surface area contributed by atoms with E-state index in [9.17, 15) is 14.4 Å². The van der Waals surface area contributed by atoms with E-state index in [0.29, 0.717) is 33.9 Å². The lowest BCUT2D eigenvalue weighted by Gasteiger charge is -2.36. The van der Waals surface area contributed by atoms with Crippen LogP contribution in [0.1, 0.15) is 41.9 Å². The smallest absolute Gasteiger partial charge is 0.326 e. The summed E-state index contributed by atoms with van der Waals surface area (Å²) in [5, 5.41) is 12.7. The number of rotatable bonds is 6. The standard InChI is InChI=1S/C25H28N8O3S/c1-14(2)31-7-9-32(10-8-31)24(35)20-6-5-19(37-20)17-12-21(27-16-3-4-16)33-22(28-17)15(13-26-33)11-18-23(34)30-25(36)29-18/h5-6,11-14,16,27H,3-4,7-10H2,1-2H3,(H2,29,30,34,36)/b18-11-. The van der Waals surface area contributed by atoms with Crippen molar-refractivity contribution in [1.29, 1.82) is 0 Å². The number of hydrogen-bond acceptors (Lipinski definition) is 8. The van der Waals surface area contributed by atoms with E-state index in [0.717, 1.165) is 49.7 Å². The lowest BCUT2D eigenvalue weighted by molar-refractivity contribution is -0.115. The molecule has 4 amide bonds. The predicted octanol–water partition coefficient (Wildman–Crippen LogP) is 2.38. The maximum absolute atomic E-state index is 13.2. The monoisotopic (exact) mass is 520 g/mol. The van der Waals surface area contributed by atoms with Gasteiger partial charge in [0.25, 0.3) is 11.8 Å². The van der Waals surface area contributed by atoms with E-state index in [4.69, 9.17) is 4.98 Å². The first-order valence-corrected chi connectivity index (χ1v) is 13.3. The van der Waals surface area contributed by atoms with E-state index < -0.39 is 11.9 Å². The Morgan fingerprint density at radius 2 is 1.95 bits per heavy atom. The number of carbonyl (C=O) groups excluding carboxylic acids is 3. The van der Waals surface area contributed by atoms with Gasteiger partial charge in [-0.25, -0.2) is 9.78 Å². The molecule has 0 atom stereocenters. The predicted molar refractivity (Wildman–Crippen MR) is 140 cm³/mol. The number of nitrogens with zero attached hydrogens (tertiary/aromatic N) is 5. The van der Waals surface area contributed by atoms with Crippen molar-refractivity contribution in [1.82, 2.24) is 35.0 Å². The van der Waals surface area contributed by atoms with Gasteiger partial charge in [-0.1, -0.05) is 0 Å². The van der Waals surface area contributed by atoms with E-state index in [2.05, 4.69) is 39.8 Å². The number of imide groups is 1. The van der Waals surface area contributed by atoms with Gasteiger partial charge in [0.05, 0.1) is 21.6 Å². The Morgan fingerprint density at radius 3 is 2.62 bits per heavy atom. The molecule has 0 radical (unpaired) electrons. The van der Waals surface area contributed by atoms with Crippen molar-refractivity contribution < 1.29 is 14.4 Å². The van der Waals surface area contributed by atoms with Crippen LogP contribution in [-0.2, 0) is 4.79 Å². The zero-order valence-electron chi connectivity index (χ0n) is 20.7. The number of hydrogen-bond donors (Lipinski definition) is 3. The van der Waals surface area contributed by atoms with Crippen molar-refractivity contribution in [3.63, 3.8) is 0 Å². The molecule has 3 N–H and O–H groups in total. The van der Waals surface area contributed by atoms with E-state index in [1.54, 1.807) is 16.8 Å². The van der Waals surface area contributed by atoms with E-state index >= 15 is 0 Å². The second-order valence-electron chi connectivity index (χ2n) is 9.83. The molecule has 192 valence electrons. The van der Waals surface area contributed by atoms with Crippen LogP contribution in [0.3, 0.4) is 0 Å². The van der Waals surface area contributed by atoms with E-state index in [1.807, 2.05) is 23.1 Å². The molecule has 3 fully saturated rings. The number of fused-ring (bicyclic) bond motifs is 1. The van der Waals surface area contributed by atoms with Gasteiger partial charge in [0.15, 0.2) is 5.65 Å². The average molecular weight is 521 g/mol. The third kappa shape index (κ3) is 4.69. The van der Waals surface area contributed by atoms with Crippen molar-refractivity contribution in [3.05, 3.63) is 40.5 Å². The van der Waals surface area contributed by atoms with Crippen molar-refractivity contribution in [3.8, 4) is 10.6 Å². The highest BCUT2D eigenvalue weighted by Gasteiger charge is 2.27. The van der Waals surface area contributed by atoms with Crippen LogP contribution in [0.2, 0.25) is 0 Å². The summed E-state index contributed by atoms with van der Waals surface area (Å²) in [7, 11) is 0. The molecular weight excluding hydrogens is 492 g/mol. The van der Waals surface area contributed by atoms with Crippen molar-refractivity contribution >= 4 is 46.7 Å². The summed E-state index contributed by atoms with van der Waals surface area (Å²) in [5.74, 6) is 0.348. The molecular formula is C25H28N8O3S. The minimum atomic E-state index is -0.557. The maximum Gasteiger partial charge on any atom is 0.326 e. The number of urea groups is 1. The highest BCUT2D eigenvalue weighted by molar-refractivity contribution is 7.17. The quantitative estimate of drug-likeness (QED) is 0.337. The molecule has 12 heteroatoms. The van der Waals surface area contributed by atoms with Gasteiger partial charge in [0.1, 0.15) is 11.5 Å². The molecule has 11 nitrogen and oxygen atoms in total. The molecule has 0 aromatic carbocycles. The van der Waals surface area contributed by atoms with E-state index in [1.165, 1.54) is 11.3 Å². The number of carbonyl (C=O) groups is 3. The molecule has 3 aromatic heterocycles. The fraction of sp³-hybridized carbons (Fsp3) is 0.400. The lowest BCUT2D eigenvalue weighted by Crippen LogP contribution is -2.50. The second-order valence-corrected chi connectivity index (χ2v) is 10.9. The normalized spacial score (nSPS) is 19.6. The third-order valence-corrected chi connectivity index (χ3v) is 7.94. The molecule has 3 aromatic rings. The van der Waals surface area contributed by atoms with Gasteiger partial charge in [-0.2, -0.15) is 9.61 Å². The fourth-order valence-corrected chi connectivity index (χ4v) is 5.51. The SMILES string of the molecule is CC(C)N1CCN(C(=O)c2ccc(-c3cc(NC4CC4)n4ncc(/C=C5\NC(=O)NC5=O)c4n3)s2)CC1. The van der Waals surface area contributed by atoms with Gasteiger partial charge in [0.2, 0.25) is 0 Å². The average Bonchev–Trinajstić information content (AvgIpc) is 3.25. The number of nitrogens with one attached hydrogen (secondary N) is 3. The van der Waals surface area contributed by atoms with Gasteiger partial charge >= 0.3 is 6.03 Å². The van der Waals surface area contributed by atoms with Crippen LogP contribution in [0.25, 0.3) is 22.3 Å². The van der Waals surface area contributed by atoms with Crippen LogP contribution in [0.5, 0.6) is 0 Å². The molecule has 6 rings (SSSR count). The molecule has 37 heavy (non-hydrogen) atoms. The Hall–Kier alpha value is -3.77. The highest BCUT2D eigenvalue weighted by atomic mass is 32.1. The summed E-state index contributed by atoms with van der Waals surface area (Å²) in [4.78, 5) is 47.5. The Balaban J connectivity index is 1.31. The first-order valence-electron chi connectivity index (χ1n) is 12.5.